The van der Waals surface area contributed by atoms with Crippen molar-refractivity contribution in [3.8, 4) is 0 Å². The zero-order valence-corrected chi connectivity index (χ0v) is 18.9. The van der Waals surface area contributed by atoms with Gasteiger partial charge in [-0.05, 0) is 35.4 Å². The maximum atomic E-state index is 13.2. The highest BCUT2D eigenvalue weighted by Gasteiger charge is 2.20. The third-order valence-electron chi connectivity index (χ3n) is 4.92. The number of halogens is 3. The maximum absolute atomic E-state index is 13.2. The minimum atomic E-state index is -0.452. The SMILES string of the molecule is Cn1c(=O)c2c(nc(SCc3ccc(F)cc3)n2Cc2ccc(Cl)c(Cl)c2)n(C)c1=O. The van der Waals surface area contributed by atoms with E-state index in [0.29, 0.717) is 38.7 Å². The predicted octanol–water partition coefficient (Wildman–Crippen LogP) is 4.22. The van der Waals surface area contributed by atoms with Crippen LogP contribution >= 0.6 is 35.0 Å². The van der Waals surface area contributed by atoms with Crippen molar-refractivity contribution in [2.24, 2.45) is 14.1 Å². The molecule has 0 fully saturated rings. The molecular weight excluding hydrogens is 462 g/mol. The van der Waals surface area contributed by atoms with Crippen molar-refractivity contribution >= 4 is 46.1 Å². The fourth-order valence-electron chi connectivity index (χ4n) is 3.23. The fraction of sp³-hybridized carbons (Fsp3) is 0.190. The lowest BCUT2D eigenvalue weighted by atomic mass is 10.2. The monoisotopic (exact) mass is 478 g/mol. The Morgan fingerprint density at radius 2 is 1.65 bits per heavy atom. The Hall–Kier alpha value is -2.55. The van der Waals surface area contributed by atoms with Gasteiger partial charge in [-0.3, -0.25) is 13.9 Å². The van der Waals surface area contributed by atoms with Gasteiger partial charge in [0.1, 0.15) is 5.82 Å². The van der Waals surface area contributed by atoms with E-state index in [-0.39, 0.29) is 5.82 Å². The van der Waals surface area contributed by atoms with Crippen LogP contribution < -0.4 is 11.2 Å². The Morgan fingerprint density at radius 3 is 2.32 bits per heavy atom. The molecule has 10 heteroatoms. The Morgan fingerprint density at radius 1 is 0.968 bits per heavy atom. The van der Waals surface area contributed by atoms with Gasteiger partial charge in [-0.2, -0.15) is 0 Å². The van der Waals surface area contributed by atoms with E-state index in [1.807, 2.05) is 6.07 Å². The first kappa shape index (κ1) is 21.7. The van der Waals surface area contributed by atoms with E-state index >= 15 is 0 Å². The van der Waals surface area contributed by atoms with Crippen molar-refractivity contribution in [3.63, 3.8) is 0 Å². The third-order valence-corrected chi connectivity index (χ3v) is 6.71. The molecule has 0 unspecified atom stereocenters. The molecular formula is C21H17Cl2FN4O2S. The van der Waals surface area contributed by atoms with Gasteiger partial charge >= 0.3 is 5.69 Å². The van der Waals surface area contributed by atoms with Crippen LogP contribution in [-0.2, 0) is 26.4 Å². The lowest BCUT2D eigenvalue weighted by Crippen LogP contribution is -2.37. The van der Waals surface area contributed by atoms with Gasteiger partial charge in [0, 0.05) is 19.8 Å². The van der Waals surface area contributed by atoms with E-state index in [1.54, 1.807) is 35.9 Å². The van der Waals surface area contributed by atoms with Crippen molar-refractivity contribution in [1.82, 2.24) is 18.7 Å². The number of aryl methyl sites for hydroxylation is 1. The van der Waals surface area contributed by atoms with Crippen LogP contribution in [-0.4, -0.2) is 18.7 Å². The van der Waals surface area contributed by atoms with Crippen molar-refractivity contribution in [3.05, 3.63) is 90.3 Å². The average Bonchev–Trinajstić information content (AvgIpc) is 3.11. The second-order valence-electron chi connectivity index (χ2n) is 7.02. The van der Waals surface area contributed by atoms with E-state index in [9.17, 15) is 14.0 Å². The lowest BCUT2D eigenvalue weighted by molar-refractivity contribution is 0.627. The smallest absolute Gasteiger partial charge is 0.309 e. The molecule has 0 amide bonds. The number of hydrogen-bond donors (Lipinski definition) is 0. The van der Waals surface area contributed by atoms with Crippen LogP contribution in [0, 0.1) is 5.82 Å². The summed E-state index contributed by atoms with van der Waals surface area (Å²) in [6, 6.07) is 11.4. The van der Waals surface area contributed by atoms with Gasteiger partial charge in [0.05, 0.1) is 16.6 Å². The van der Waals surface area contributed by atoms with Gasteiger partial charge in [0.2, 0.25) is 0 Å². The van der Waals surface area contributed by atoms with Crippen LogP contribution in [0.3, 0.4) is 0 Å². The van der Waals surface area contributed by atoms with Crippen LogP contribution in [0.5, 0.6) is 0 Å². The highest BCUT2D eigenvalue weighted by atomic mass is 35.5. The van der Waals surface area contributed by atoms with Crippen LogP contribution in [0.25, 0.3) is 11.2 Å². The van der Waals surface area contributed by atoms with E-state index in [1.165, 1.54) is 35.5 Å². The number of rotatable bonds is 5. The largest absolute Gasteiger partial charge is 0.332 e. The number of fused-ring (bicyclic) bond motifs is 1. The molecule has 0 aliphatic heterocycles. The zero-order valence-electron chi connectivity index (χ0n) is 16.6. The summed E-state index contributed by atoms with van der Waals surface area (Å²) >= 11 is 13.6. The highest BCUT2D eigenvalue weighted by molar-refractivity contribution is 7.98. The summed E-state index contributed by atoms with van der Waals surface area (Å²) in [6.07, 6.45) is 0. The first-order valence-electron chi connectivity index (χ1n) is 9.23. The van der Waals surface area contributed by atoms with E-state index in [4.69, 9.17) is 23.2 Å². The molecule has 4 rings (SSSR count). The second kappa shape index (κ2) is 8.53. The molecule has 2 aromatic heterocycles. The molecule has 31 heavy (non-hydrogen) atoms. The van der Waals surface area contributed by atoms with Crippen molar-refractivity contribution in [1.29, 1.82) is 0 Å². The van der Waals surface area contributed by atoms with Crippen LogP contribution in [0.15, 0.2) is 57.2 Å². The molecule has 0 bridgehead atoms. The summed E-state index contributed by atoms with van der Waals surface area (Å²) < 4.78 is 17.4. The summed E-state index contributed by atoms with van der Waals surface area (Å²) in [5.41, 5.74) is 1.47. The maximum Gasteiger partial charge on any atom is 0.332 e. The molecule has 0 atom stereocenters. The molecule has 160 valence electrons. The van der Waals surface area contributed by atoms with Gasteiger partial charge < -0.3 is 4.57 Å². The summed E-state index contributed by atoms with van der Waals surface area (Å²) in [6.45, 7) is 0.312. The standard InChI is InChI=1S/C21H17Cl2FN4O2S/c1-26-18-17(19(29)27(2)21(26)30)28(10-13-5-8-15(22)16(23)9-13)20(25-18)31-11-12-3-6-14(24)7-4-12/h3-9H,10-11H2,1-2H3. The third kappa shape index (κ3) is 4.15. The summed E-state index contributed by atoms with van der Waals surface area (Å²) in [5, 5.41) is 1.40. The second-order valence-corrected chi connectivity index (χ2v) is 8.78. The first-order valence-corrected chi connectivity index (χ1v) is 11.0. The van der Waals surface area contributed by atoms with Crippen molar-refractivity contribution in [2.75, 3.05) is 0 Å². The van der Waals surface area contributed by atoms with Gasteiger partial charge in [0.15, 0.2) is 16.3 Å². The fourth-order valence-corrected chi connectivity index (χ4v) is 4.50. The number of imidazole rings is 1. The van der Waals surface area contributed by atoms with E-state index < -0.39 is 11.2 Å². The number of hydrogen-bond acceptors (Lipinski definition) is 4. The summed E-state index contributed by atoms with van der Waals surface area (Å²) in [7, 11) is 3.01. The van der Waals surface area contributed by atoms with Gasteiger partial charge in [-0.15, -0.1) is 0 Å². The molecule has 0 aliphatic carbocycles. The minimum Gasteiger partial charge on any atom is -0.309 e. The molecule has 0 N–H and O–H groups in total. The first-order chi connectivity index (χ1) is 14.8. The molecule has 0 radical (unpaired) electrons. The molecule has 0 saturated heterocycles. The normalized spacial score (nSPS) is 11.4. The summed E-state index contributed by atoms with van der Waals surface area (Å²) in [4.78, 5) is 29.9. The molecule has 2 heterocycles. The molecule has 2 aromatic carbocycles. The molecule has 0 spiro atoms. The Balaban J connectivity index is 1.84. The minimum absolute atomic E-state index is 0.301. The number of benzene rings is 2. The molecule has 6 nitrogen and oxygen atoms in total. The number of thioether (sulfide) groups is 1. The van der Waals surface area contributed by atoms with Crippen LogP contribution in [0.4, 0.5) is 4.39 Å². The van der Waals surface area contributed by atoms with Crippen molar-refractivity contribution in [2.45, 2.75) is 17.5 Å². The Kier molecular flexibility index (Phi) is 5.96. The van der Waals surface area contributed by atoms with Crippen LogP contribution in [0.2, 0.25) is 10.0 Å². The number of aromatic nitrogens is 4. The molecule has 0 aliphatic rings. The van der Waals surface area contributed by atoms with Crippen molar-refractivity contribution < 1.29 is 4.39 Å². The van der Waals surface area contributed by atoms with Gasteiger partial charge in [-0.25, -0.2) is 14.2 Å². The van der Waals surface area contributed by atoms with E-state index in [2.05, 4.69) is 4.98 Å². The van der Waals surface area contributed by atoms with Gasteiger partial charge in [-0.1, -0.05) is 53.2 Å². The highest BCUT2D eigenvalue weighted by Crippen LogP contribution is 2.28. The Labute approximate surface area is 190 Å². The zero-order chi connectivity index (χ0) is 22.3. The number of nitrogens with zero attached hydrogens (tertiary/aromatic N) is 4. The molecule has 0 saturated carbocycles. The molecule has 4 aromatic rings. The topological polar surface area (TPSA) is 61.8 Å². The van der Waals surface area contributed by atoms with Crippen LogP contribution in [0.1, 0.15) is 11.1 Å². The predicted molar refractivity (Wildman–Crippen MR) is 122 cm³/mol. The van der Waals surface area contributed by atoms with E-state index in [0.717, 1.165) is 15.7 Å². The average molecular weight is 479 g/mol. The Bertz CT molecular complexity index is 1410. The quantitative estimate of drug-likeness (QED) is 0.403. The lowest BCUT2D eigenvalue weighted by Gasteiger charge is -2.10. The van der Waals surface area contributed by atoms with Gasteiger partial charge in [0.25, 0.3) is 5.56 Å². The summed E-state index contributed by atoms with van der Waals surface area (Å²) in [5.74, 6) is 0.207.